The molecule has 2 aromatic carbocycles. The third-order valence-electron chi connectivity index (χ3n) is 3.52. The highest BCUT2D eigenvalue weighted by Gasteiger charge is 2.13. The fourth-order valence-corrected chi connectivity index (χ4v) is 3.08. The van der Waals surface area contributed by atoms with Crippen molar-refractivity contribution in [3.63, 3.8) is 0 Å². The number of benzene rings is 2. The number of anilines is 3. The van der Waals surface area contributed by atoms with Gasteiger partial charge in [0.05, 0.1) is 0 Å². The van der Waals surface area contributed by atoms with Crippen molar-refractivity contribution in [1.29, 1.82) is 0 Å². The van der Waals surface area contributed by atoms with Crippen LogP contribution >= 0.6 is 22.9 Å². The fourth-order valence-electron chi connectivity index (χ4n) is 2.19. The molecular formula is C18H14ClF2N3O2S. The van der Waals surface area contributed by atoms with Crippen LogP contribution in [-0.4, -0.2) is 17.5 Å². The molecule has 2 N–H and O–H groups in total. The standard InChI is InChI=1S/C18H14ClF2N3O2S/c1-10-2-3-11(19)8-14(10)23-16(25)15-9-27-18(24-15)22-12-4-6-13(7-5-12)26-17(20)21/h2-9,17H,1H3,(H,22,24)(H,23,25). The van der Waals surface area contributed by atoms with Crippen molar-refractivity contribution in [1.82, 2.24) is 4.98 Å². The molecule has 3 aromatic rings. The van der Waals surface area contributed by atoms with Crippen molar-refractivity contribution >= 4 is 45.4 Å². The zero-order valence-corrected chi connectivity index (χ0v) is 15.6. The Balaban J connectivity index is 1.65. The van der Waals surface area contributed by atoms with Crippen molar-refractivity contribution in [2.45, 2.75) is 13.5 Å². The van der Waals surface area contributed by atoms with Crippen LogP contribution < -0.4 is 15.4 Å². The number of alkyl halides is 2. The number of nitrogens with one attached hydrogen (secondary N) is 2. The first-order valence-corrected chi connectivity index (χ1v) is 9.01. The van der Waals surface area contributed by atoms with Crippen molar-refractivity contribution in [3.8, 4) is 5.75 Å². The van der Waals surface area contributed by atoms with Gasteiger partial charge in [0.25, 0.3) is 5.91 Å². The summed E-state index contributed by atoms with van der Waals surface area (Å²) in [5, 5.41) is 8.41. The zero-order chi connectivity index (χ0) is 19.4. The van der Waals surface area contributed by atoms with E-state index in [0.29, 0.717) is 21.5 Å². The van der Waals surface area contributed by atoms with Gasteiger partial charge in [-0.25, -0.2) is 4.98 Å². The quantitative estimate of drug-likeness (QED) is 0.548. The van der Waals surface area contributed by atoms with Gasteiger partial charge >= 0.3 is 6.61 Å². The average Bonchev–Trinajstić information content (AvgIpc) is 3.08. The first-order chi connectivity index (χ1) is 12.9. The Hall–Kier alpha value is -2.71. The number of carbonyl (C=O) groups excluding carboxylic acids is 1. The van der Waals surface area contributed by atoms with Crippen molar-refractivity contribution < 1.29 is 18.3 Å². The third kappa shape index (κ3) is 5.15. The second kappa shape index (κ2) is 8.32. The van der Waals surface area contributed by atoms with Crippen LogP contribution in [0.25, 0.3) is 0 Å². The molecule has 5 nitrogen and oxygen atoms in total. The maximum absolute atomic E-state index is 12.4. The lowest BCUT2D eigenvalue weighted by Gasteiger charge is -2.07. The molecule has 3 rings (SSSR count). The van der Waals surface area contributed by atoms with Crippen LogP contribution in [0.2, 0.25) is 5.02 Å². The van der Waals surface area contributed by atoms with E-state index in [0.717, 1.165) is 5.56 Å². The fraction of sp³-hybridized carbons (Fsp3) is 0.111. The van der Waals surface area contributed by atoms with Crippen LogP contribution in [0.5, 0.6) is 5.75 Å². The third-order valence-corrected chi connectivity index (χ3v) is 4.51. The molecule has 0 unspecified atom stereocenters. The van der Waals surface area contributed by atoms with Crippen molar-refractivity contribution in [2.75, 3.05) is 10.6 Å². The van der Waals surface area contributed by atoms with E-state index in [1.807, 2.05) is 13.0 Å². The summed E-state index contributed by atoms with van der Waals surface area (Å²) >= 11 is 7.20. The molecule has 140 valence electrons. The van der Waals surface area contributed by atoms with Gasteiger partial charge < -0.3 is 15.4 Å². The Morgan fingerprint density at radius 3 is 2.67 bits per heavy atom. The number of ether oxygens (including phenoxy) is 1. The zero-order valence-electron chi connectivity index (χ0n) is 14.0. The highest BCUT2D eigenvalue weighted by Crippen LogP contribution is 2.25. The normalized spacial score (nSPS) is 10.7. The molecule has 0 aliphatic rings. The minimum absolute atomic E-state index is 0.0617. The topological polar surface area (TPSA) is 63.2 Å². The van der Waals surface area contributed by atoms with Gasteiger partial charge in [-0.2, -0.15) is 8.78 Å². The van der Waals surface area contributed by atoms with Crippen LogP contribution in [0.1, 0.15) is 16.1 Å². The molecule has 0 saturated heterocycles. The molecule has 1 heterocycles. The number of amides is 1. The highest BCUT2D eigenvalue weighted by atomic mass is 35.5. The van der Waals surface area contributed by atoms with Gasteiger partial charge in [-0.3, -0.25) is 4.79 Å². The number of thiazole rings is 1. The summed E-state index contributed by atoms with van der Waals surface area (Å²) in [5.74, 6) is -0.294. The van der Waals surface area contributed by atoms with Crippen LogP contribution in [0.3, 0.4) is 0 Å². The van der Waals surface area contributed by atoms with Gasteiger partial charge in [-0.1, -0.05) is 17.7 Å². The molecule has 1 amide bonds. The summed E-state index contributed by atoms with van der Waals surface area (Å²) in [4.78, 5) is 16.6. The molecular weight excluding hydrogens is 396 g/mol. The van der Waals surface area contributed by atoms with Crippen LogP contribution in [-0.2, 0) is 0 Å². The number of rotatable bonds is 6. The van der Waals surface area contributed by atoms with Gasteiger partial charge in [-0.05, 0) is 48.9 Å². The first-order valence-electron chi connectivity index (χ1n) is 7.75. The number of halogens is 3. The van der Waals surface area contributed by atoms with E-state index < -0.39 is 6.61 Å². The highest BCUT2D eigenvalue weighted by molar-refractivity contribution is 7.14. The van der Waals surface area contributed by atoms with E-state index in [2.05, 4.69) is 20.4 Å². The van der Waals surface area contributed by atoms with E-state index in [1.54, 1.807) is 29.6 Å². The number of hydrogen-bond acceptors (Lipinski definition) is 5. The number of aromatic nitrogens is 1. The largest absolute Gasteiger partial charge is 0.435 e. The Kier molecular flexibility index (Phi) is 5.88. The predicted octanol–water partition coefficient (Wildman–Crippen LogP) is 5.70. The van der Waals surface area contributed by atoms with Crippen molar-refractivity contribution in [2.24, 2.45) is 0 Å². The Morgan fingerprint density at radius 2 is 1.96 bits per heavy atom. The molecule has 0 fully saturated rings. The maximum atomic E-state index is 12.4. The minimum atomic E-state index is -2.87. The molecule has 1 aromatic heterocycles. The summed E-state index contributed by atoms with van der Waals surface area (Å²) in [5.41, 5.74) is 2.38. The van der Waals surface area contributed by atoms with Crippen molar-refractivity contribution in [3.05, 3.63) is 64.1 Å². The molecule has 27 heavy (non-hydrogen) atoms. The smallest absolute Gasteiger partial charge is 0.387 e. The van der Waals surface area contributed by atoms with Crippen LogP contribution in [0, 0.1) is 6.92 Å². The lowest BCUT2D eigenvalue weighted by molar-refractivity contribution is -0.0498. The molecule has 0 bridgehead atoms. The minimum Gasteiger partial charge on any atom is -0.435 e. The maximum Gasteiger partial charge on any atom is 0.387 e. The van der Waals surface area contributed by atoms with E-state index in [4.69, 9.17) is 11.6 Å². The molecule has 9 heteroatoms. The number of carbonyl (C=O) groups is 1. The van der Waals surface area contributed by atoms with Gasteiger partial charge in [0.15, 0.2) is 5.13 Å². The number of hydrogen-bond donors (Lipinski definition) is 2. The van der Waals surface area contributed by atoms with E-state index in [9.17, 15) is 13.6 Å². The van der Waals surface area contributed by atoms with E-state index >= 15 is 0 Å². The molecule has 0 atom stereocenters. The molecule has 0 aliphatic heterocycles. The SMILES string of the molecule is Cc1ccc(Cl)cc1NC(=O)c1csc(Nc2ccc(OC(F)F)cc2)n1. The lowest BCUT2D eigenvalue weighted by atomic mass is 10.2. The van der Waals surface area contributed by atoms with Gasteiger partial charge in [0, 0.05) is 21.8 Å². The Morgan fingerprint density at radius 1 is 1.22 bits per heavy atom. The number of aryl methyl sites for hydroxylation is 1. The average molecular weight is 410 g/mol. The second-order valence-electron chi connectivity index (χ2n) is 5.48. The Bertz CT molecular complexity index is 948. The first kappa shape index (κ1) is 19.1. The summed E-state index contributed by atoms with van der Waals surface area (Å²) < 4.78 is 28.6. The van der Waals surface area contributed by atoms with E-state index in [1.165, 1.54) is 23.5 Å². The Labute approximate surface area is 163 Å². The lowest BCUT2D eigenvalue weighted by Crippen LogP contribution is -2.13. The predicted molar refractivity (Wildman–Crippen MR) is 103 cm³/mol. The van der Waals surface area contributed by atoms with E-state index in [-0.39, 0.29) is 17.4 Å². The second-order valence-corrected chi connectivity index (χ2v) is 6.77. The summed E-state index contributed by atoms with van der Waals surface area (Å²) in [6, 6.07) is 11.2. The van der Waals surface area contributed by atoms with Gasteiger partial charge in [0.1, 0.15) is 11.4 Å². The summed E-state index contributed by atoms with van der Waals surface area (Å²) in [6.45, 7) is -1.01. The van der Waals surface area contributed by atoms with Gasteiger partial charge in [-0.15, -0.1) is 11.3 Å². The molecule has 0 saturated carbocycles. The van der Waals surface area contributed by atoms with Crippen LogP contribution in [0.4, 0.5) is 25.3 Å². The van der Waals surface area contributed by atoms with Crippen LogP contribution in [0.15, 0.2) is 47.8 Å². The molecule has 0 aliphatic carbocycles. The van der Waals surface area contributed by atoms with Gasteiger partial charge in [0.2, 0.25) is 0 Å². The molecule has 0 spiro atoms. The summed E-state index contributed by atoms with van der Waals surface area (Å²) in [7, 11) is 0. The molecule has 0 radical (unpaired) electrons. The summed E-state index contributed by atoms with van der Waals surface area (Å²) in [6.07, 6.45) is 0. The number of nitrogens with zero attached hydrogens (tertiary/aromatic N) is 1. The monoisotopic (exact) mass is 409 g/mol.